The summed E-state index contributed by atoms with van der Waals surface area (Å²) in [6, 6.07) is 6.13. The van der Waals surface area contributed by atoms with Gasteiger partial charge >= 0.3 is 12.2 Å². The van der Waals surface area contributed by atoms with Gasteiger partial charge in [0.25, 0.3) is 0 Å². The van der Waals surface area contributed by atoms with E-state index in [1.54, 1.807) is 29.8 Å². The fourth-order valence-electron chi connectivity index (χ4n) is 2.83. The molecule has 1 aliphatic rings. The lowest BCUT2D eigenvalue weighted by Crippen LogP contribution is -2.41. The van der Waals surface area contributed by atoms with E-state index >= 15 is 0 Å². The summed E-state index contributed by atoms with van der Waals surface area (Å²) in [7, 11) is 0. The van der Waals surface area contributed by atoms with Crippen molar-refractivity contribution in [3.8, 4) is 5.75 Å². The molecule has 0 bridgehead atoms. The molecule has 1 fully saturated rings. The Bertz CT molecular complexity index is 755. The van der Waals surface area contributed by atoms with Crippen LogP contribution in [-0.2, 0) is 6.61 Å². The van der Waals surface area contributed by atoms with Crippen LogP contribution in [0.5, 0.6) is 5.75 Å². The first-order valence-corrected chi connectivity index (χ1v) is 9.28. The third kappa shape index (κ3) is 6.40. The third-order valence-electron chi connectivity index (χ3n) is 3.97. The van der Waals surface area contributed by atoms with E-state index in [0.29, 0.717) is 31.0 Å². The zero-order chi connectivity index (χ0) is 19.3. The van der Waals surface area contributed by atoms with Gasteiger partial charge in [-0.3, -0.25) is 4.90 Å². The Kier molecular flexibility index (Phi) is 6.17. The van der Waals surface area contributed by atoms with Gasteiger partial charge in [0, 0.05) is 36.3 Å². The largest absolute Gasteiger partial charge is 0.487 e. The number of carbonyl (C=O) groups is 1. The summed E-state index contributed by atoms with van der Waals surface area (Å²) < 4.78 is 42.9. The maximum absolute atomic E-state index is 12.4. The van der Waals surface area contributed by atoms with Crippen molar-refractivity contribution >= 4 is 23.1 Å². The molecule has 1 aromatic heterocycles. The van der Waals surface area contributed by atoms with Crippen molar-refractivity contribution in [2.45, 2.75) is 25.2 Å². The van der Waals surface area contributed by atoms with Crippen LogP contribution in [0, 0.1) is 0 Å². The Balaban J connectivity index is 1.46. The van der Waals surface area contributed by atoms with Crippen LogP contribution in [0.3, 0.4) is 0 Å². The Morgan fingerprint density at radius 2 is 2.26 bits per heavy atom. The predicted octanol–water partition coefficient (Wildman–Crippen LogP) is 3.48. The lowest BCUT2D eigenvalue weighted by atomic mass is 10.2. The lowest BCUT2D eigenvalue weighted by Gasteiger charge is -2.18. The minimum absolute atomic E-state index is 0.184. The summed E-state index contributed by atoms with van der Waals surface area (Å²) >= 11 is 1.48. The van der Waals surface area contributed by atoms with Gasteiger partial charge in [-0.25, -0.2) is 9.78 Å². The van der Waals surface area contributed by atoms with Gasteiger partial charge < -0.3 is 15.4 Å². The zero-order valence-corrected chi connectivity index (χ0v) is 15.1. The number of halogens is 3. The molecule has 27 heavy (non-hydrogen) atoms. The molecule has 0 saturated carbocycles. The molecule has 3 rings (SSSR count). The maximum atomic E-state index is 12.4. The molecule has 2 N–H and O–H groups in total. The molecule has 1 atom stereocenters. The second-order valence-electron chi connectivity index (χ2n) is 6.23. The molecular formula is C17H19F3N4O2S. The number of thiazole rings is 1. The van der Waals surface area contributed by atoms with Crippen LogP contribution in [0.15, 0.2) is 35.2 Å². The number of hydrogen-bond donors (Lipinski definition) is 2. The van der Waals surface area contributed by atoms with Crippen molar-refractivity contribution in [2.75, 3.05) is 25.0 Å². The molecule has 6 nitrogen and oxygen atoms in total. The average molecular weight is 400 g/mol. The molecule has 2 aromatic rings. The van der Waals surface area contributed by atoms with Crippen LogP contribution < -0.4 is 15.4 Å². The van der Waals surface area contributed by atoms with Crippen LogP contribution in [0.1, 0.15) is 12.1 Å². The summed E-state index contributed by atoms with van der Waals surface area (Å²) in [5, 5.41) is 7.28. The average Bonchev–Trinajstić information content (AvgIpc) is 3.24. The number of rotatable bonds is 6. The fraction of sp³-hybridized carbons (Fsp3) is 0.412. The van der Waals surface area contributed by atoms with Gasteiger partial charge in [-0.15, -0.1) is 11.3 Å². The number of likely N-dealkylation sites (tertiary alicyclic amines) is 1. The molecular weight excluding hydrogens is 381 g/mol. The number of benzene rings is 1. The van der Waals surface area contributed by atoms with Crippen molar-refractivity contribution in [3.05, 3.63) is 40.8 Å². The highest BCUT2D eigenvalue weighted by Gasteiger charge is 2.34. The molecule has 0 aliphatic carbocycles. The maximum Gasteiger partial charge on any atom is 0.401 e. The molecule has 1 aromatic carbocycles. The van der Waals surface area contributed by atoms with Gasteiger partial charge in [-0.05, 0) is 18.6 Å². The predicted molar refractivity (Wildman–Crippen MR) is 95.9 cm³/mol. The normalized spacial score (nSPS) is 17.7. The second-order valence-corrected chi connectivity index (χ2v) is 6.95. The molecule has 1 saturated heterocycles. The standard InChI is InChI=1S/C17H19F3N4O2S/c18-17(19,20)10-24-5-4-13(7-24)23-16(25)22-12-2-1-3-15(6-12)26-8-14-9-27-11-21-14/h1-3,6,9,11,13H,4-5,7-8,10H2,(H2,22,23,25). The number of nitrogens with zero attached hydrogens (tertiary/aromatic N) is 2. The molecule has 10 heteroatoms. The number of carbonyl (C=O) groups excluding carboxylic acids is 1. The van der Waals surface area contributed by atoms with Gasteiger partial charge in [0.2, 0.25) is 0 Å². The van der Waals surface area contributed by atoms with Crippen LogP contribution in [0.25, 0.3) is 0 Å². The minimum Gasteiger partial charge on any atom is -0.487 e. The number of amides is 2. The number of nitrogens with one attached hydrogen (secondary N) is 2. The SMILES string of the molecule is O=C(Nc1cccc(OCc2cscn2)c1)NC1CCN(CC(F)(F)F)C1. The fourth-order valence-corrected chi connectivity index (χ4v) is 3.37. The van der Waals surface area contributed by atoms with Crippen molar-refractivity contribution in [1.82, 2.24) is 15.2 Å². The Morgan fingerprint density at radius 1 is 1.41 bits per heavy atom. The molecule has 2 heterocycles. The van der Waals surface area contributed by atoms with Crippen molar-refractivity contribution < 1.29 is 22.7 Å². The lowest BCUT2D eigenvalue weighted by molar-refractivity contribution is -0.143. The Labute approximate surface area is 158 Å². The molecule has 0 radical (unpaired) electrons. The number of ether oxygens (including phenoxy) is 1. The molecule has 146 valence electrons. The van der Waals surface area contributed by atoms with E-state index < -0.39 is 18.8 Å². The smallest absolute Gasteiger partial charge is 0.401 e. The molecule has 2 amide bonds. The summed E-state index contributed by atoms with van der Waals surface area (Å²) in [6.07, 6.45) is -3.74. The quantitative estimate of drug-likeness (QED) is 0.779. The summed E-state index contributed by atoms with van der Waals surface area (Å²) in [4.78, 5) is 17.5. The third-order valence-corrected chi connectivity index (χ3v) is 4.61. The Morgan fingerprint density at radius 3 is 3.00 bits per heavy atom. The van der Waals surface area contributed by atoms with Gasteiger partial charge in [-0.1, -0.05) is 6.07 Å². The molecule has 0 spiro atoms. The van der Waals surface area contributed by atoms with E-state index in [-0.39, 0.29) is 12.6 Å². The van der Waals surface area contributed by atoms with Gasteiger partial charge in [0.1, 0.15) is 12.4 Å². The molecule has 1 aliphatic heterocycles. The topological polar surface area (TPSA) is 66.5 Å². The highest BCUT2D eigenvalue weighted by molar-refractivity contribution is 7.07. The minimum atomic E-state index is -4.23. The number of alkyl halides is 3. The number of aromatic nitrogens is 1. The van der Waals surface area contributed by atoms with Gasteiger partial charge in [0.05, 0.1) is 17.7 Å². The van der Waals surface area contributed by atoms with Crippen molar-refractivity contribution in [2.24, 2.45) is 0 Å². The van der Waals surface area contributed by atoms with E-state index in [2.05, 4.69) is 15.6 Å². The number of anilines is 1. The summed E-state index contributed by atoms with van der Waals surface area (Å²) in [5.41, 5.74) is 3.08. The van der Waals surface area contributed by atoms with E-state index in [0.717, 1.165) is 5.69 Å². The highest BCUT2D eigenvalue weighted by Crippen LogP contribution is 2.21. The second kappa shape index (κ2) is 8.57. The van der Waals surface area contributed by atoms with Crippen LogP contribution >= 0.6 is 11.3 Å². The summed E-state index contributed by atoms with van der Waals surface area (Å²) in [5.74, 6) is 0.581. The van der Waals surface area contributed by atoms with E-state index in [1.165, 1.54) is 16.2 Å². The highest BCUT2D eigenvalue weighted by atomic mass is 32.1. The first-order valence-electron chi connectivity index (χ1n) is 8.34. The number of hydrogen-bond acceptors (Lipinski definition) is 5. The van der Waals surface area contributed by atoms with Crippen LogP contribution in [0.4, 0.5) is 23.7 Å². The first-order chi connectivity index (χ1) is 12.9. The van der Waals surface area contributed by atoms with Gasteiger partial charge in [0.15, 0.2) is 0 Å². The monoisotopic (exact) mass is 400 g/mol. The van der Waals surface area contributed by atoms with Crippen LogP contribution in [0.2, 0.25) is 0 Å². The van der Waals surface area contributed by atoms with E-state index in [9.17, 15) is 18.0 Å². The first kappa shape index (κ1) is 19.4. The van der Waals surface area contributed by atoms with E-state index in [1.807, 2.05) is 5.38 Å². The number of urea groups is 1. The van der Waals surface area contributed by atoms with Crippen LogP contribution in [-0.4, -0.2) is 47.8 Å². The Hall–Kier alpha value is -2.33. The van der Waals surface area contributed by atoms with E-state index in [4.69, 9.17) is 4.74 Å². The molecule has 1 unspecified atom stereocenters. The zero-order valence-electron chi connectivity index (χ0n) is 14.3. The van der Waals surface area contributed by atoms with Gasteiger partial charge in [-0.2, -0.15) is 13.2 Å². The summed E-state index contributed by atoms with van der Waals surface area (Å²) in [6.45, 7) is -0.129. The van der Waals surface area contributed by atoms with Crippen molar-refractivity contribution in [3.63, 3.8) is 0 Å². The van der Waals surface area contributed by atoms with Crippen molar-refractivity contribution in [1.29, 1.82) is 0 Å².